The summed E-state index contributed by atoms with van der Waals surface area (Å²) in [6.45, 7) is 4.05. The molecule has 0 amide bonds. The molecule has 0 fully saturated rings. The average molecular weight is 412 g/mol. The fourth-order valence-corrected chi connectivity index (χ4v) is 4.00. The SMILES string of the molecule is CC(C)c1nc(-c2ccccc2Cc2ccccc2)cc(-c2ccc(F)cc2)c1CO. The van der Waals surface area contributed by atoms with Gasteiger partial charge in [-0.15, -0.1) is 0 Å². The summed E-state index contributed by atoms with van der Waals surface area (Å²) in [6, 6.07) is 27.1. The molecule has 156 valence electrons. The molecule has 0 radical (unpaired) electrons. The molecule has 1 aromatic heterocycles. The topological polar surface area (TPSA) is 33.1 Å². The Labute approximate surface area is 183 Å². The summed E-state index contributed by atoms with van der Waals surface area (Å²) >= 11 is 0. The Morgan fingerprint density at radius 1 is 0.839 bits per heavy atom. The molecule has 0 saturated heterocycles. The standard InChI is InChI=1S/C28H26FNO/c1-19(2)28-26(18-31)25(21-12-14-23(29)15-13-21)17-27(30-28)24-11-7-6-10-22(24)16-20-8-4-3-5-9-20/h3-15,17,19,31H,16,18H2,1-2H3. The normalized spacial score (nSPS) is 11.1. The molecule has 0 saturated carbocycles. The summed E-state index contributed by atoms with van der Waals surface area (Å²) in [5.41, 5.74) is 7.80. The lowest BCUT2D eigenvalue weighted by atomic mass is 9.91. The number of hydrogen-bond donors (Lipinski definition) is 1. The number of aliphatic hydroxyl groups excluding tert-OH is 1. The lowest BCUT2D eigenvalue weighted by Gasteiger charge is -2.19. The zero-order chi connectivity index (χ0) is 21.8. The maximum absolute atomic E-state index is 13.5. The zero-order valence-electron chi connectivity index (χ0n) is 17.8. The minimum atomic E-state index is -0.277. The van der Waals surface area contributed by atoms with E-state index in [-0.39, 0.29) is 18.3 Å². The Morgan fingerprint density at radius 2 is 1.52 bits per heavy atom. The third-order valence-corrected chi connectivity index (χ3v) is 5.55. The van der Waals surface area contributed by atoms with Crippen LogP contribution in [0.5, 0.6) is 0 Å². The Bertz CT molecular complexity index is 1170. The molecule has 31 heavy (non-hydrogen) atoms. The van der Waals surface area contributed by atoms with E-state index in [0.29, 0.717) is 0 Å². The van der Waals surface area contributed by atoms with E-state index in [0.717, 1.165) is 40.1 Å². The van der Waals surface area contributed by atoms with Crippen molar-refractivity contribution in [2.75, 3.05) is 0 Å². The van der Waals surface area contributed by atoms with Crippen LogP contribution in [0, 0.1) is 5.82 Å². The van der Waals surface area contributed by atoms with Gasteiger partial charge in [-0.05, 0) is 52.8 Å². The van der Waals surface area contributed by atoms with Gasteiger partial charge in [0.2, 0.25) is 0 Å². The van der Waals surface area contributed by atoms with Gasteiger partial charge in [-0.1, -0.05) is 80.6 Å². The second-order valence-electron chi connectivity index (χ2n) is 8.06. The van der Waals surface area contributed by atoms with Crippen LogP contribution in [0.25, 0.3) is 22.4 Å². The lowest BCUT2D eigenvalue weighted by Crippen LogP contribution is -2.05. The molecular weight excluding hydrogens is 385 g/mol. The number of rotatable bonds is 6. The van der Waals surface area contributed by atoms with E-state index in [1.165, 1.54) is 23.3 Å². The van der Waals surface area contributed by atoms with Crippen LogP contribution in [0.2, 0.25) is 0 Å². The zero-order valence-corrected chi connectivity index (χ0v) is 17.8. The molecule has 3 heteroatoms. The van der Waals surface area contributed by atoms with Gasteiger partial charge in [0.05, 0.1) is 12.3 Å². The first kappa shape index (κ1) is 21.0. The minimum absolute atomic E-state index is 0.112. The minimum Gasteiger partial charge on any atom is -0.392 e. The fraction of sp³-hybridized carbons (Fsp3) is 0.179. The van der Waals surface area contributed by atoms with E-state index in [1.807, 2.05) is 24.3 Å². The van der Waals surface area contributed by atoms with E-state index >= 15 is 0 Å². The summed E-state index contributed by atoms with van der Waals surface area (Å²) in [5, 5.41) is 10.2. The summed E-state index contributed by atoms with van der Waals surface area (Å²) in [4.78, 5) is 4.99. The number of halogens is 1. The van der Waals surface area contributed by atoms with Crippen LogP contribution in [-0.4, -0.2) is 10.1 Å². The van der Waals surface area contributed by atoms with Gasteiger partial charge in [0.25, 0.3) is 0 Å². The molecule has 0 spiro atoms. The molecule has 4 aromatic rings. The number of benzene rings is 3. The number of nitrogens with zero attached hydrogens (tertiary/aromatic N) is 1. The van der Waals surface area contributed by atoms with Gasteiger partial charge < -0.3 is 5.11 Å². The van der Waals surface area contributed by atoms with E-state index in [2.05, 4.69) is 50.2 Å². The highest BCUT2D eigenvalue weighted by Crippen LogP contribution is 2.35. The maximum Gasteiger partial charge on any atom is 0.123 e. The molecule has 0 aliphatic carbocycles. The van der Waals surface area contributed by atoms with Crippen LogP contribution in [0.3, 0.4) is 0 Å². The molecule has 0 aliphatic heterocycles. The Morgan fingerprint density at radius 3 is 2.19 bits per heavy atom. The largest absolute Gasteiger partial charge is 0.392 e. The predicted octanol–water partition coefficient (Wildman–Crippen LogP) is 6.76. The second-order valence-corrected chi connectivity index (χ2v) is 8.06. The van der Waals surface area contributed by atoms with Crippen molar-refractivity contribution in [2.24, 2.45) is 0 Å². The summed E-state index contributed by atoms with van der Waals surface area (Å²) in [6.07, 6.45) is 0.809. The first-order chi connectivity index (χ1) is 15.1. The van der Waals surface area contributed by atoms with Crippen molar-refractivity contribution < 1.29 is 9.50 Å². The van der Waals surface area contributed by atoms with Gasteiger partial charge >= 0.3 is 0 Å². The third kappa shape index (κ3) is 4.57. The number of pyridine rings is 1. The molecule has 0 bridgehead atoms. The van der Waals surface area contributed by atoms with E-state index in [4.69, 9.17) is 4.98 Å². The fourth-order valence-electron chi connectivity index (χ4n) is 4.00. The molecule has 2 nitrogen and oxygen atoms in total. The van der Waals surface area contributed by atoms with Crippen LogP contribution >= 0.6 is 0 Å². The molecular formula is C28H26FNO. The van der Waals surface area contributed by atoms with Gasteiger partial charge in [-0.3, -0.25) is 4.98 Å². The average Bonchev–Trinajstić information content (AvgIpc) is 2.80. The molecule has 1 heterocycles. The monoisotopic (exact) mass is 411 g/mol. The summed E-state index contributed by atoms with van der Waals surface area (Å²) in [7, 11) is 0. The van der Waals surface area contributed by atoms with Crippen LogP contribution in [0.15, 0.2) is 84.9 Å². The van der Waals surface area contributed by atoms with Crippen molar-refractivity contribution in [3.63, 3.8) is 0 Å². The van der Waals surface area contributed by atoms with Crippen LogP contribution in [0.4, 0.5) is 4.39 Å². The summed E-state index contributed by atoms with van der Waals surface area (Å²) in [5.74, 6) is -0.136. The molecule has 0 unspecified atom stereocenters. The van der Waals surface area contributed by atoms with Gasteiger partial charge in [0.1, 0.15) is 5.82 Å². The van der Waals surface area contributed by atoms with Crippen molar-refractivity contribution in [3.05, 3.63) is 113 Å². The number of aliphatic hydroxyl groups is 1. The van der Waals surface area contributed by atoms with Gasteiger partial charge in [0.15, 0.2) is 0 Å². The first-order valence-corrected chi connectivity index (χ1v) is 10.6. The smallest absolute Gasteiger partial charge is 0.123 e. The van der Waals surface area contributed by atoms with Crippen molar-refractivity contribution in [2.45, 2.75) is 32.8 Å². The van der Waals surface area contributed by atoms with Crippen molar-refractivity contribution >= 4 is 0 Å². The molecule has 1 N–H and O–H groups in total. The van der Waals surface area contributed by atoms with E-state index < -0.39 is 0 Å². The van der Waals surface area contributed by atoms with Crippen LogP contribution < -0.4 is 0 Å². The first-order valence-electron chi connectivity index (χ1n) is 10.6. The molecule has 3 aromatic carbocycles. The van der Waals surface area contributed by atoms with Gasteiger partial charge in [-0.2, -0.15) is 0 Å². The maximum atomic E-state index is 13.5. The Hall–Kier alpha value is -3.30. The Kier molecular flexibility index (Phi) is 6.24. The van der Waals surface area contributed by atoms with E-state index in [9.17, 15) is 9.50 Å². The van der Waals surface area contributed by atoms with Gasteiger partial charge in [-0.25, -0.2) is 4.39 Å². The number of aromatic nitrogens is 1. The quantitative estimate of drug-likeness (QED) is 0.380. The van der Waals surface area contributed by atoms with Gasteiger partial charge in [0, 0.05) is 16.8 Å². The van der Waals surface area contributed by atoms with Crippen molar-refractivity contribution in [1.29, 1.82) is 0 Å². The molecule has 0 atom stereocenters. The highest BCUT2D eigenvalue weighted by atomic mass is 19.1. The van der Waals surface area contributed by atoms with Crippen molar-refractivity contribution in [1.82, 2.24) is 4.98 Å². The molecule has 0 aliphatic rings. The highest BCUT2D eigenvalue weighted by Gasteiger charge is 2.18. The predicted molar refractivity (Wildman–Crippen MR) is 124 cm³/mol. The molecule has 4 rings (SSSR count). The van der Waals surface area contributed by atoms with Crippen molar-refractivity contribution in [3.8, 4) is 22.4 Å². The van der Waals surface area contributed by atoms with Crippen LogP contribution in [0.1, 0.15) is 42.1 Å². The number of hydrogen-bond acceptors (Lipinski definition) is 2. The van der Waals surface area contributed by atoms with Crippen LogP contribution in [-0.2, 0) is 13.0 Å². The third-order valence-electron chi connectivity index (χ3n) is 5.55. The second kappa shape index (κ2) is 9.23. The highest BCUT2D eigenvalue weighted by molar-refractivity contribution is 5.75. The summed E-state index contributed by atoms with van der Waals surface area (Å²) < 4.78 is 13.5. The lowest BCUT2D eigenvalue weighted by molar-refractivity contribution is 0.280. The Balaban J connectivity index is 1.89. The van der Waals surface area contributed by atoms with E-state index in [1.54, 1.807) is 12.1 Å².